The summed E-state index contributed by atoms with van der Waals surface area (Å²) in [5.41, 5.74) is 5.61. The highest BCUT2D eigenvalue weighted by atomic mass is 32.2. The van der Waals surface area contributed by atoms with E-state index >= 15 is 0 Å². The van der Waals surface area contributed by atoms with Crippen molar-refractivity contribution in [2.75, 3.05) is 6.61 Å². The zero-order valence-electron chi connectivity index (χ0n) is 11.1. The molecule has 1 saturated carbocycles. The molecule has 2 fully saturated rings. The Bertz CT molecular complexity index is 412. The molecule has 2 N–H and O–H groups in total. The number of hydrogen-bond donors (Lipinski definition) is 1. The fraction of sp³-hybridized carbons (Fsp3) is 0.846. The number of aromatic nitrogens is 2. The Hall–Kier alpha value is -0.590. The highest BCUT2D eigenvalue weighted by Gasteiger charge is 2.39. The van der Waals surface area contributed by atoms with E-state index in [0.29, 0.717) is 22.9 Å². The molecule has 1 aliphatic heterocycles. The lowest BCUT2D eigenvalue weighted by Gasteiger charge is -2.43. The van der Waals surface area contributed by atoms with Crippen molar-refractivity contribution in [2.24, 2.45) is 5.73 Å². The van der Waals surface area contributed by atoms with Gasteiger partial charge in [0.05, 0.1) is 12.1 Å². The normalized spacial score (nSPS) is 26.7. The molecule has 1 spiro atoms. The summed E-state index contributed by atoms with van der Waals surface area (Å²) in [5.74, 6) is 0.516. The van der Waals surface area contributed by atoms with E-state index in [2.05, 4.69) is 10.2 Å². The van der Waals surface area contributed by atoms with Crippen LogP contribution in [0.5, 0.6) is 0 Å². The molecule has 1 unspecified atom stereocenters. The third-order valence-corrected chi connectivity index (χ3v) is 5.21. The molecule has 1 aliphatic carbocycles. The van der Waals surface area contributed by atoms with Crippen LogP contribution in [0.1, 0.15) is 50.8 Å². The molecule has 3 rings (SSSR count). The van der Waals surface area contributed by atoms with E-state index in [9.17, 15) is 0 Å². The molecule has 2 aliphatic rings. The van der Waals surface area contributed by atoms with Gasteiger partial charge in [0.15, 0.2) is 0 Å². The van der Waals surface area contributed by atoms with Crippen LogP contribution in [0.25, 0.3) is 0 Å². The van der Waals surface area contributed by atoms with Gasteiger partial charge >= 0.3 is 0 Å². The lowest BCUT2D eigenvalue weighted by Crippen LogP contribution is -2.42. The second kappa shape index (κ2) is 5.81. The number of nitrogens with two attached hydrogens (primary N) is 1. The van der Waals surface area contributed by atoms with Crippen molar-refractivity contribution >= 4 is 11.8 Å². The molecule has 0 aromatic carbocycles. The molecule has 106 valence electrons. The van der Waals surface area contributed by atoms with E-state index in [1.54, 1.807) is 11.8 Å². The van der Waals surface area contributed by atoms with Crippen molar-refractivity contribution in [3.05, 3.63) is 5.89 Å². The van der Waals surface area contributed by atoms with E-state index in [0.717, 1.165) is 19.4 Å². The average Bonchev–Trinajstić information content (AvgIpc) is 2.87. The smallest absolute Gasteiger partial charge is 0.276 e. The lowest BCUT2D eigenvalue weighted by molar-refractivity contribution is -0.0971. The fourth-order valence-electron chi connectivity index (χ4n) is 3.14. The number of ether oxygens (including phenoxy) is 1. The molecule has 1 saturated heterocycles. The van der Waals surface area contributed by atoms with Gasteiger partial charge in [-0.1, -0.05) is 31.0 Å². The van der Waals surface area contributed by atoms with E-state index in [1.165, 1.54) is 32.1 Å². The summed E-state index contributed by atoms with van der Waals surface area (Å²) in [6, 6.07) is 0. The average molecular weight is 283 g/mol. The third kappa shape index (κ3) is 3.12. The minimum atomic E-state index is 0.130. The number of rotatable bonds is 3. The number of thioether (sulfide) groups is 1. The fourth-order valence-corrected chi connectivity index (χ4v) is 4.26. The van der Waals surface area contributed by atoms with Crippen LogP contribution >= 0.6 is 11.8 Å². The Balaban J connectivity index is 1.61. The molecule has 1 aromatic rings. The van der Waals surface area contributed by atoms with Crippen LogP contribution in [0, 0.1) is 0 Å². The van der Waals surface area contributed by atoms with Gasteiger partial charge in [-0.15, -0.1) is 10.2 Å². The predicted octanol–water partition coefficient (Wildman–Crippen LogP) is 2.50. The monoisotopic (exact) mass is 283 g/mol. The minimum Gasteiger partial charge on any atom is -0.415 e. The Kier molecular flexibility index (Phi) is 4.10. The van der Waals surface area contributed by atoms with Crippen LogP contribution in [0.4, 0.5) is 0 Å². The van der Waals surface area contributed by atoms with Gasteiger partial charge in [-0.3, -0.25) is 0 Å². The van der Waals surface area contributed by atoms with Gasteiger partial charge in [-0.2, -0.15) is 0 Å². The molecule has 0 amide bonds. The van der Waals surface area contributed by atoms with Gasteiger partial charge in [0.2, 0.25) is 5.89 Å². The van der Waals surface area contributed by atoms with Crippen molar-refractivity contribution in [3.63, 3.8) is 0 Å². The molecule has 1 aromatic heterocycles. The minimum absolute atomic E-state index is 0.130. The molecule has 0 radical (unpaired) electrons. The van der Waals surface area contributed by atoms with Gasteiger partial charge in [0.1, 0.15) is 0 Å². The first kappa shape index (κ1) is 13.4. The highest BCUT2D eigenvalue weighted by Crippen LogP contribution is 2.43. The first-order valence-corrected chi connectivity index (χ1v) is 8.01. The molecule has 1 atom stereocenters. The molecule has 0 bridgehead atoms. The van der Waals surface area contributed by atoms with Gasteiger partial charge in [0, 0.05) is 11.9 Å². The Labute approximate surface area is 117 Å². The molecule has 2 heterocycles. The number of nitrogens with zero attached hydrogens (tertiary/aromatic N) is 2. The molecular formula is C13H21N3O2S. The lowest BCUT2D eigenvalue weighted by atomic mass is 9.80. The van der Waals surface area contributed by atoms with Crippen LogP contribution < -0.4 is 5.73 Å². The highest BCUT2D eigenvalue weighted by molar-refractivity contribution is 7.99. The van der Waals surface area contributed by atoms with Crippen LogP contribution in [-0.2, 0) is 11.3 Å². The molecule has 19 heavy (non-hydrogen) atoms. The SMILES string of the molecule is NCc1nnc(SC2CCOC3(CCCCC3)C2)o1. The van der Waals surface area contributed by atoms with Crippen molar-refractivity contribution in [3.8, 4) is 0 Å². The summed E-state index contributed by atoms with van der Waals surface area (Å²) in [4.78, 5) is 0. The zero-order chi connectivity index (χ0) is 13.1. The van der Waals surface area contributed by atoms with E-state index in [-0.39, 0.29) is 5.60 Å². The van der Waals surface area contributed by atoms with E-state index in [1.807, 2.05) is 0 Å². The predicted molar refractivity (Wildman–Crippen MR) is 72.8 cm³/mol. The maximum absolute atomic E-state index is 6.10. The molecule has 6 heteroatoms. The van der Waals surface area contributed by atoms with Gasteiger partial charge in [-0.05, 0) is 25.7 Å². The second-order valence-corrected chi connectivity index (χ2v) is 6.74. The van der Waals surface area contributed by atoms with Crippen LogP contribution in [-0.4, -0.2) is 27.7 Å². The van der Waals surface area contributed by atoms with Crippen molar-refractivity contribution < 1.29 is 9.15 Å². The van der Waals surface area contributed by atoms with Crippen molar-refractivity contribution in [2.45, 2.75) is 67.6 Å². The summed E-state index contributed by atoms with van der Waals surface area (Å²) in [6.07, 6.45) is 8.55. The summed E-state index contributed by atoms with van der Waals surface area (Å²) < 4.78 is 11.6. The van der Waals surface area contributed by atoms with Gasteiger partial charge in [0.25, 0.3) is 5.22 Å². The summed E-state index contributed by atoms with van der Waals surface area (Å²) >= 11 is 1.69. The molecule has 5 nitrogen and oxygen atoms in total. The Morgan fingerprint density at radius 2 is 2.11 bits per heavy atom. The standard InChI is InChI=1S/C13H21N3O2S/c14-9-11-15-16-12(18-11)19-10-4-7-17-13(8-10)5-2-1-3-6-13/h10H,1-9,14H2. The van der Waals surface area contributed by atoms with Crippen LogP contribution in [0.15, 0.2) is 9.64 Å². The van der Waals surface area contributed by atoms with Crippen LogP contribution in [0.3, 0.4) is 0 Å². The first-order chi connectivity index (χ1) is 9.30. The summed E-state index contributed by atoms with van der Waals surface area (Å²) in [6.45, 7) is 1.17. The zero-order valence-corrected chi connectivity index (χ0v) is 12.0. The summed E-state index contributed by atoms with van der Waals surface area (Å²) in [7, 11) is 0. The quantitative estimate of drug-likeness (QED) is 0.918. The number of hydrogen-bond acceptors (Lipinski definition) is 6. The molecular weight excluding hydrogens is 262 g/mol. The largest absolute Gasteiger partial charge is 0.415 e. The first-order valence-electron chi connectivity index (χ1n) is 7.13. The third-order valence-electron chi connectivity index (χ3n) is 4.10. The topological polar surface area (TPSA) is 74.2 Å². The maximum Gasteiger partial charge on any atom is 0.276 e. The van der Waals surface area contributed by atoms with Gasteiger partial charge in [-0.25, -0.2) is 0 Å². The van der Waals surface area contributed by atoms with Crippen molar-refractivity contribution in [1.82, 2.24) is 10.2 Å². The van der Waals surface area contributed by atoms with E-state index in [4.69, 9.17) is 14.9 Å². The van der Waals surface area contributed by atoms with E-state index < -0.39 is 0 Å². The van der Waals surface area contributed by atoms with Crippen molar-refractivity contribution in [1.29, 1.82) is 0 Å². The maximum atomic E-state index is 6.10. The second-order valence-electron chi connectivity index (χ2n) is 5.49. The summed E-state index contributed by atoms with van der Waals surface area (Å²) in [5, 5.41) is 9.13. The Morgan fingerprint density at radius 3 is 2.84 bits per heavy atom. The van der Waals surface area contributed by atoms with Crippen LogP contribution in [0.2, 0.25) is 0 Å². The van der Waals surface area contributed by atoms with Gasteiger partial charge < -0.3 is 14.9 Å². The Morgan fingerprint density at radius 1 is 1.26 bits per heavy atom.